The summed E-state index contributed by atoms with van der Waals surface area (Å²) in [5.41, 5.74) is 11.4. The number of carbonyl (C=O) groups is 1. The van der Waals surface area contributed by atoms with Gasteiger partial charge in [0.2, 0.25) is 5.90 Å². The van der Waals surface area contributed by atoms with Crippen molar-refractivity contribution in [2.45, 2.75) is 30.9 Å². The number of hydrogen-bond donors (Lipinski definition) is 2. The molecule has 224 valence electrons. The van der Waals surface area contributed by atoms with Crippen molar-refractivity contribution in [1.29, 1.82) is 0 Å². The molecular formula is C34H32BrN5O4. The Morgan fingerprint density at radius 2 is 1.75 bits per heavy atom. The molecule has 0 radical (unpaired) electrons. The van der Waals surface area contributed by atoms with Crippen LogP contribution in [0, 0.1) is 0 Å². The Balaban J connectivity index is 1.57. The summed E-state index contributed by atoms with van der Waals surface area (Å²) in [6.07, 6.45) is 0.490. The summed E-state index contributed by atoms with van der Waals surface area (Å²) in [4.78, 5) is 22.5. The number of aliphatic imine (C=N–C) groups is 1. The number of halogens is 1. The molecule has 0 fully saturated rings. The lowest BCUT2D eigenvalue weighted by Crippen LogP contribution is -2.50. The molecule has 1 amide bonds. The Bertz CT molecular complexity index is 1660. The van der Waals surface area contributed by atoms with Crippen LogP contribution in [0.15, 0.2) is 118 Å². The van der Waals surface area contributed by atoms with Gasteiger partial charge in [-0.3, -0.25) is 4.79 Å². The molecule has 0 bridgehead atoms. The summed E-state index contributed by atoms with van der Waals surface area (Å²) in [5.74, 6) is 0.631. The molecule has 44 heavy (non-hydrogen) atoms. The molecule has 10 heteroatoms. The van der Waals surface area contributed by atoms with Gasteiger partial charge in [0.1, 0.15) is 5.75 Å². The van der Waals surface area contributed by atoms with E-state index in [1.54, 1.807) is 30.3 Å². The molecule has 0 saturated heterocycles. The minimum atomic E-state index is -1.44. The van der Waals surface area contributed by atoms with E-state index in [1.807, 2.05) is 72.8 Å². The number of carbonyl (C=O) groups excluding carboxylic acids is 1. The number of nitrogens with one attached hydrogen (secondary N) is 1. The molecular weight excluding hydrogens is 622 g/mol. The molecule has 4 aromatic rings. The van der Waals surface area contributed by atoms with Gasteiger partial charge in [-0.25, -0.2) is 4.99 Å². The first-order valence-electron chi connectivity index (χ1n) is 14.3. The predicted octanol–water partition coefficient (Wildman–Crippen LogP) is 7.01. The summed E-state index contributed by atoms with van der Waals surface area (Å²) in [6, 6.07) is 32.0. The minimum absolute atomic E-state index is 0.0501. The van der Waals surface area contributed by atoms with Gasteiger partial charge in [0, 0.05) is 52.2 Å². The van der Waals surface area contributed by atoms with E-state index in [2.05, 4.69) is 31.3 Å². The summed E-state index contributed by atoms with van der Waals surface area (Å²) >= 11 is 3.65. The Kier molecular flexibility index (Phi) is 10.3. The van der Waals surface area contributed by atoms with Gasteiger partial charge in [-0.15, -0.1) is 0 Å². The maximum Gasteiger partial charge on any atom is 0.252 e. The predicted molar refractivity (Wildman–Crippen MR) is 173 cm³/mol. The van der Waals surface area contributed by atoms with Gasteiger partial charge in [0.15, 0.2) is 11.6 Å². The summed E-state index contributed by atoms with van der Waals surface area (Å²) in [5, 5.41) is 16.1. The minimum Gasteiger partial charge on any atom is -0.494 e. The highest BCUT2D eigenvalue weighted by atomic mass is 79.9. The Morgan fingerprint density at radius 1 is 1.02 bits per heavy atom. The van der Waals surface area contributed by atoms with Crippen LogP contribution in [-0.4, -0.2) is 42.2 Å². The second-order valence-corrected chi connectivity index (χ2v) is 11.2. The fourth-order valence-corrected chi connectivity index (χ4v) is 5.58. The Hall–Kier alpha value is -4.63. The zero-order valence-corrected chi connectivity index (χ0v) is 25.6. The lowest BCUT2D eigenvalue weighted by molar-refractivity contribution is -0.128. The van der Waals surface area contributed by atoms with E-state index < -0.39 is 11.6 Å². The van der Waals surface area contributed by atoms with Crippen molar-refractivity contribution in [2.24, 2.45) is 10.1 Å². The Labute approximate surface area is 264 Å². The largest absolute Gasteiger partial charge is 0.494 e. The van der Waals surface area contributed by atoms with E-state index in [0.717, 1.165) is 15.6 Å². The van der Waals surface area contributed by atoms with Crippen molar-refractivity contribution in [2.75, 3.05) is 19.8 Å². The van der Waals surface area contributed by atoms with Crippen molar-refractivity contribution in [1.82, 2.24) is 5.32 Å². The fraction of sp³-hybridized carbons (Fsp3) is 0.235. The molecule has 1 heterocycles. The molecule has 4 aromatic carbocycles. The van der Waals surface area contributed by atoms with Crippen molar-refractivity contribution in [3.8, 4) is 5.75 Å². The monoisotopic (exact) mass is 653 g/mol. The van der Waals surface area contributed by atoms with Gasteiger partial charge < -0.3 is 19.9 Å². The topological polar surface area (TPSA) is 129 Å². The SMILES string of the molecule is [N-]=[N+]=Nc1ccccc1[C@H]1OC(c2ccc(OCCCO)cc2)=N[C@@]1(Cc1ccccc1Br)C(=O)NCCc1ccccc1. The average Bonchev–Trinajstić information content (AvgIpc) is 3.44. The highest BCUT2D eigenvalue weighted by Gasteiger charge is 2.54. The number of hydrogen-bond acceptors (Lipinski definition) is 6. The Morgan fingerprint density at radius 3 is 2.50 bits per heavy atom. The smallest absolute Gasteiger partial charge is 0.252 e. The second-order valence-electron chi connectivity index (χ2n) is 10.3. The maximum atomic E-state index is 14.4. The normalized spacial score (nSPS) is 17.2. The lowest BCUT2D eigenvalue weighted by Gasteiger charge is -2.31. The molecule has 2 atom stereocenters. The van der Waals surface area contributed by atoms with Crippen LogP contribution >= 0.6 is 15.9 Å². The van der Waals surface area contributed by atoms with Gasteiger partial charge in [-0.05, 0) is 53.4 Å². The highest BCUT2D eigenvalue weighted by Crippen LogP contribution is 2.46. The molecule has 5 rings (SSSR count). The van der Waals surface area contributed by atoms with Gasteiger partial charge in [-0.1, -0.05) is 93.8 Å². The summed E-state index contributed by atoms with van der Waals surface area (Å²) in [6.45, 7) is 0.842. The van der Waals surface area contributed by atoms with Crippen LogP contribution in [0.4, 0.5) is 5.69 Å². The molecule has 0 aromatic heterocycles. The van der Waals surface area contributed by atoms with E-state index in [9.17, 15) is 10.3 Å². The summed E-state index contributed by atoms with van der Waals surface area (Å²) in [7, 11) is 0. The molecule has 0 unspecified atom stereocenters. The summed E-state index contributed by atoms with van der Waals surface area (Å²) < 4.78 is 13.1. The van der Waals surface area contributed by atoms with E-state index in [1.165, 1.54) is 0 Å². The molecule has 1 aliphatic rings. The molecule has 2 N–H and O–H groups in total. The third-order valence-electron chi connectivity index (χ3n) is 7.36. The van der Waals surface area contributed by atoms with Crippen LogP contribution in [-0.2, 0) is 22.4 Å². The standard InChI is InChI=1S/C34H32BrN5O4/c35-29-13-6-4-11-26(29)23-34(33(42)37-20-19-24-9-2-1-3-10-24)31(28-12-5-7-14-30(28)39-40-36)44-32(38-34)25-15-17-27(18-16-25)43-22-8-21-41/h1-7,9-18,31,41H,8,19-23H2,(H,37,42)/t31-,34-/m1/s1. The quantitative estimate of drug-likeness (QED) is 0.0696. The number of benzene rings is 4. The first-order chi connectivity index (χ1) is 21.5. The molecule has 0 aliphatic carbocycles. The second kappa shape index (κ2) is 14.7. The number of nitrogens with zero attached hydrogens (tertiary/aromatic N) is 4. The highest BCUT2D eigenvalue weighted by molar-refractivity contribution is 9.10. The van der Waals surface area contributed by atoms with Gasteiger partial charge in [0.25, 0.3) is 5.91 Å². The maximum absolute atomic E-state index is 14.4. The van der Waals surface area contributed by atoms with E-state index in [0.29, 0.717) is 48.6 Å². The van der Waals surface area contributed by atoms with Crippen molar-refractivity contribution >= 4 is 33.4 Å². The van der Waals surface area contributed by atoms with Crippen LogP contribution in [0.3, 0.4) is 0 Å². The van der Waals surface area contributed by atoms with Gasteiger partial charge in [0.05, 0.1) is 6.61 Å². The first kappa shape index (κ1) is 30.8. The van der Waals surface area contributed by atoms with Crippen LogP contribution < -0.4 is 10.1 Å². The van der Waals surface area contributed by atoms with Crippen LogP contribution in [0.25, 0.3) is 10.4 Å². The van der Waals surface area contributed by atoms with E-state index >= 15 is 0 Å². The zero-order valence-electron chi connectivity index (χ0n) is 24.0. The third-order valence-corrected chi connectivity index (χ3v) is 8.14. The third kappa shape index (κ3) is 7.11. The van der Waals surface area contributed by atoms with Crippen molar-refractivity contribution < 1.29 is 19.4 Å². The number of aliphatic hydroxyl groups excluding tert-OH is 1. The zero-order chi connectivity index (χ0) is 30.8. The molecule has 0 spiro atoms. The van der Waals surface area contributed by atoms with Gasteiger partial charge >= 0.3 is 0 Å². The number of rotatable bonds is 13. The van der Waals surface area contributed by atoms with Crippen molar-refractivity contribution in [3.63, 3.8) is 0 Å². The van der Waals surface area contributed by atoms with E-state index in [4.69, 9.17) is 19.6 Å². The molecule has 9 nitrogen and oxygen atoms in total. The molecule has 0 saturated carbocycles. The fourth-order valence-electron chi connectivity index (χ4n) is 5.16. The number of amides is 1. The van der Waals surface area contributed by atoms with Gasteiger partial charge in [-0.2, -0.15) is 0 Å². The molecule has 1 aliphatic heterocycles. The van der Waals surface area contributed by atoms with Crippen LogP contribution in [0.2, 0.25) is 0 Å². The van der Waals surface area contributed by atoms with Crippen molar-refractivity contribution in [3.05, 3.63) is 140 Å². The average molecular weight is 655 g/mol. The van der Waals surface area contributed by atoms with E-state index in [-0.39, 0.29) is 24.8 Å². The van der Waals surface area contributed by atoms with Crippen LogP contribution in [0.5, 0.6) is 5.75 Å². The van der Waals surface area contributed by atoms with Crippen LogP contribution in [0.1, 0.15) is 34.8 Å². The number of azide groups is 1. The first-order valence-corrected chi connectivity index (χ1v) is 15.1. The number of ether oxygens (including phenoxy) is 2. The number of aliphatic hydroxyl groups is 1. The lowest BCUT2D eigenvalue weighted by atomic mass is 9.81.